The minimum absolute atomic E-state index is 0.00906. The predicted molar refractivity (Wildman–Crippen MR) is 185 cm³/mol. The zero-order valence-electron chi connectivity index (χ0n) is 28.9. The number of ketones is 1. The standard InChI is InChI=1S/C39H30O14/c1-19(40)47-27-15-35(50-22(4)43)39-28(44)17-31(52-37(39)16-27)23-6-9-25(10-7-23)51-33-12-24(8-11-30(33)48-20(2)41)32-18-29(45)38-34(49-21(3)42)13-26(46-5)14-36(38)53-32/h6-17,32H,18H2,1-5H3. The maximum absolute atomic E-state index is 13.3. The molecule has 0 radical (unpaired) electrons. The molecular formula is C39H30O14. The van der Waals surface area contributed by atoms with Gasteiger partial charge in [0.25, 0.3) is 0 Å². The van der Waals surface area contributed by atoms with Crippen molar-refractivity contribution < 1.29 is 61.5 Å². The maximum atomic E-state index is 13.3. The first-order chi connectivity index (χ1) is 25.3. The Balaban J connectivity index is 1.31. The van der Waals surface area contributed by atoms with Crippen molar-refractivity contribution in [2.24, 2.45) is 0 Å². The highest BCUT2D eigenvalue weighted by Crippen LogP contribution is 2.44. The van der Waals surface area contributed by atoms with Crippen LogP contribution in [0.4, 0.5) is 0 Å². The van der Waals surface area contributed by atoms with E-state index in [1.54, 1.807) is 36.4 Å². The number of carbonyl (C=O) groups is 5. The van der Waals surface area contributed by atoms with Crippen LogP contribution in [0.2, 0.25) is 0 Å². The number of ether oxygens (including phenoxy) is 7. The molecule has 0 saturated heterocycles. The fraction of sp³-hybridized carbons (Fsp3) is 0.179. The van der Waals surface area contributed by atoms with E-state index in [1.807, 2.05) is 0 Å². The number of rotatable bonds is 9. The molecule has 14 nitrogen and oxygen atoms in total. The topological polar surface area (TPSA) is 180 Å². The molecule has 270 valence electrons. The van der Waals surface area contributed by atoms with E-state index in [2.05, 4.69) is 0 Å². The van der Waals surface area contributed by atoms with Crippen LogP contribution in [0.3, 0.4) is 0 Å². The van der Waals surface area contributed by atoms with Crippen LogP contribution < -0.4 is 38.6 Å². The molecule has 0 bridgehead atoms. The predicted octanol–water partition coefficient (Wildman–Crippen LogP) is 6.67. The van der Waals surface area contributed by atoms with E-state index in [0.717, 1.165) is 0 Å². The van der Waals surface area contributed by atoms with Crippen LogP contribution in [0.25, 0.3) is 22.3 Å². The van der Waals surface area contributed by atoms with Crippen LogP contribution in [0.15, 0.2) is 82.0 Å². The highest BCUT2D eigenvalue weighted by atomic mass is 16.6. The zero-order chi connectivity index (χ0) is 38.0. The molecular weight excluding hydrogens is 692 g/mol. The van der Waals surface area contributed by atoms with Gasteiger partial charge in [0.05, 0.1) is 13.5 Å². The summed E-state index contributed by atoms with van der Waals surface area (Å²) in [5.74, 6) is -1.79. The van der Waals surface area contributed by atoms with Crippen molar-refractivity contribution in [3.05, 3.63) is 94.1 Å². The van der Waals surface area contributed by atoms with Gasteiger partial charge in [0, 0.05) is 63.6 Å². The zero-order valence-corrected chi connectivity index (χ0v) is 28.9. The summed E-state index contributed by atoms with van der Waals surface area (Å²) < 4.78 is 44.6. The molecule has 0 saturated carbocycles. The third-order valence-corrected chi connectivity index (χ3v) is 7.69. The summed E-state index contributed by atoms with van der Waals surface area (Å²) in [5, 5.41) is -0.0196. The Morgan fingerprint density at radius 2 is 1.28 bits per heavy atom. The van der Waals surface area contributed by atoms with Crippen LogP contribution in [-0.4, -0.2) is 36.8 Å². The average molecular weight is 723 g/mol. The van der Waals surface area contributed by atoms with Crippen molar-refractivity contribution in [1.82, 2.24) is 0 Å². The Labute approximate surface area is 300 Å². The number of fused-ring (bicyclic) bond motifs is 2. The molecule has 53 heavy (non-hydrogen) atoms. The maximum Gasteiger partial charge on any atom is 0.308 e. The lowest BCUT2D eigenvalue weighted by Crippen LogP contribution is -2.22. The minimum Gasteiger partial charge on any atom is -0.496 e. The van der Waals surface area contributed by atoms with Gasteiger partial charge in [0.2, 0.25) is 0 Å². The molecule has 5 aromatic rings. The molecule has 1 aliphatic heterocycles. The summed E-state index contributed by atoms with van der Waals surface area (Å²) in [6, 6.07) is 17.9. The van der Waals surface area contributed by atoms with Crippen molar-refractivity contribution in [3.63, 3.8) is 0 Å². The summed E-state index contributed by atoms with van der Waals surface area (Å²) in [6.45, 7) is 4.82. The third kappa shape index (κ3) is 8.01. The Kier molecular flexibility index (Phi) is 9.96. The van der Waals surface area contributed by atoms with E-state index in [9.17, 15) is 28.8 Å². The van der Waals surface area contributed by atoms with Gasteiger partial charge in [-0.1, -0.05) is 6.07 Å². The molecule has 14 heteroatoms. The van der Waals surface area contributed by atoms with Crippen molar-refractivity contribution in [2.45, 2.75) is 40.2 Å². The summed E-state index contributed by atoms with van der Waals surface area (Å²) in [6.07, 6.45) is -0.891. The monoisotopic (exact) mass is 722 g/mol. The smallest absolute Gasteiger partial charge is 0.308 e. The number of carbonyl (C=O) groups excluding carboxylic acids is 5. The Morgan fingerprint density at radius 3 is 1.94 bits per heavy atom. The van der Waals surface area contributed by atoms with Gasteiger partial charge >= 0.3 is 23.9 Å². The van der Waals surface area contributed by atoms with Crippen molar-refractivity contribution in [2.75, 3.05) is 7.11 Å². The SMILES string of the molecule is COc1cc(OC(C)=O)c2c(c1)OC(c1ccc(OC(C)=O)c(Oc3ccc(-c4cc(=O)c5c(OC(C)=O)cc(OC(C)=O)cc5o4)cc3)c1)CC2=O. The summed E-state index contributed by atoms with van der Waals surface area (Å²) in [5.41, 5.74) is 0.596. The lowest BCUT2D eigenvalue weighted by atomic mass is 9.95. The fourth-order valence-corrected chi connectivity index (χ4v) is 5.63. The number of hydrogen-bond donors (Lipinski definition) is 0. The highest BCUT2D eigenvalue weighted by molar-refractivity contribution is 6.03. The van der Waals surface area contributed by atoms with Gasteiger partial charge in [-0.25, -0.2) is 0 Å². The molecule has 0 spiro atoms. The summed E-state index contributed by atoms with van der Waals surface area (Å²) in [7, 11) is 1.42. The van der Waals surface area contributed by atoms with E-state index >= 15 is 0 Å². The first kappa shape index (κ1) is 35.9. The van der Waals surface area contributed by atoms with Crippen molar-refractivity contribution in [3.8, 4) is 57.3 Å². The summed E-state index contributed by atoms with van der Waals surface area (Å²) in [4.78, 5) is 73.5. The van der Waals surface area contributed by atoms with E-state index in [-0.39, 0.29) is 69.0 Å². The molecule has 4 aromatic carbocycles. The van der Waals surface area contributed by atoms with E-state index in [1.165, 1.54) is 71.2 Å². The molecule has 1 atom stereocenters. The van der Waals surface area contributed by atoms with Gasteiger partial charge in [-0.05, 0) is 42.0 Å². The van der Waals surface area contributed by atoms with Gasteiger partial charge < -0.3 is 37.6 Å². The summed E-state index contributed by atoms with van der Waals surface area (Å²) >= 11 is 0. The Bertz CT molecular complexity index is 2370. The molecule has 0 N–H and O–H groups in total. The molecule has 6 rings (SSSR count). The third-order valence-electron chi connectivity index (χ3n) is 7.69. The molecule has 1 aliphatic rings. The van der Waals surface area contributed by atoms with Gasteiger partial charge in [0.15, 0.2) is 22.7 Å². The minimum atomic E-state index is -0.790. The second-order valence-electron chi connectivity index (χ2n) is 11.7. The van der Waals surface area contributed by atoms with Gasteiger partial charge in [-0.3, -0.25) is 28.8 Å². The number of Topliss-reactive ketones (excluding diaryl/α,β-unsaturated/α-hetero) is 1. The van der Waals surface area contributed by atoms with E-state index in [0.29, 0.717) is 22.6 Å². The Hall–Kier alpha value is -6.96. The van der Waals surface area contributed by atoms with Gasteiger partial charge in [-0.2, -0.15) is 0 Å². The van der Waals surface area contributed by atoms with Crippen LogP contribution in [0.1, 0.15) is 56.1 Å². The largest absolute Gasteiger partial charge is 0.496 e. The van der Waals surface area contributed by atoms with Crippen LogP contribution in [-0.2, 0) is 19.2 Å². The van der Waals surface area contributed by atoms with Crippen LogP contribution in [0, 0.1) is 0 Å². The number of esters is 4. The number of methoxy groups -OCH3 is 1. The fourth-order valence-electron chi connectivity index (χ4n) is 5.63. The molecule has 1 aromatic heterocycles. The quantitative estimate of drug-likeness (QED) is 0.116. The molecule has 0 fully saturated rings. The lowest BCUT2D eigenvalue weighted by Gasteiger charge is -2.27. The van der Waals surface area contributed by atoms with Crippen molar-refractivity contribution in [1.29, 1.82) is 0 Å². The second kappa shape index (κ2) is 14.7. The number of benzene rings is 4. The average Bonchev–Trinajstić information content (AvgIpc) is 3.07. The van der Waals surface area contributed by atoms with Gasteiger partial charge in [-0.15, -0.1) is 0 Å². The van der Waals surface area contributed by atoms with E-state index < -0.39 is 35.4 Å². The van der Waals surface area contributed by atoms with Crippen molar-refractivity contribution >= 4 is 40.6 Å². The Morgan fingerprint density at radius 1 is 0.642 bits per heavy atom. The molecule has 2 heterocycles. The molecule has 1 unspecified atom stereocenters. The second-order valence-corrected chi connectivity index (χ2v) is 11.7. The highest BCUT2D eigenvalue weighted by Gasteiger charge is 2.33. The van der Waals surface area contributed by atoms with Crippen LogP contribution >= 0.6 is 0 Å². The van der Waals surface area contributed by atoms with Crippen LogP contribution in [0.5, 0.6) is 46.0 Å². The first-order valence-corrected chi connectivity index (χ1v) is 16.0. The lowest BCUT2D eigenvalue weighted by molar-refractivity contribution is -0.133. The van der Waals surface area contributed by atoms with Gasteiger partial charge in [0.1, 0.15) is 62.9 Å². The first-order valence-electron chi connectivity index (χ1n) is 16.0. The molecule has 0 amide bonds. The molecule has 0 aliphatic carbocycles. The number of hydrogen-bond acceptors (Lipinski definition) is 14. The van der Waals surface area contributed by atoms with E-state index in [4.69, 9.17) is 37.6 Å². The normalized spacial score (nSPS) is 13.3.